The van der Waals surface area contributed by atoms with Gasteiger partial charge in [-0.3, -0.25) is 9.59 Å². The number of hydrogen-bond acceptors (Lipinski definition) is 7. The van der Waals surface area contributed by atoms with E-state index in [4.69, 9.17) is 14.0 Å². The number of rotatable bonds is 6. The van der Waals surface area contributed by atoms with Gasteiger partial charge in [-0.25, -0.2) is 4.68 Å². The fourth-order valence-electron chi connectivity index (χ4n) is 3.20. The molecular formula is C22H20N4O5. The fraction of sp³-hybridized carbons (Fsp3) is 0.182. The molecule has 2 aromatic carbocycles. The zero-order valence-electron chi connectivity index (χ0n) is 17.2. The molecule has 1 amide bonds. The summed E-state index contributed by atoms with van der Waals surface area (Å²) in [6.45, 7) is 1.43. The van der Waals surface area contributed by atoms with Gasteiger partial charge >= 0.3 is 0 Å². The van der Waals surface area contributed by atoms with E-state index in [0.717, 1.165) is 10.2 Å². The van der Waals surface area contributed by atoms with Gasteiger partial charge in [0.25, 0.3) is 5.56 Å². The van der Waals surface area contributed by atoms with Crippen LogP contribution < -0.4 is 20.3 Å². The van der Waals surface area contributed by atoms with Crippen LogP contribution in [0.25, 0.3) is 22.2 Å². The monoisotopic (exact) mass is 420 g/mol. The van der Waals surface area contributed by atoms with Crippen molar-refractivity contribution in [2.75, 3.05) is 19.5 Å². The van der Waals surface area contributed by atoms with Gasteiger partial charge in [0.15, 0.2) is 5.52 Å². The van der Waals surface area contributed by atoms with Gasteiger partial charge in [0, 0.05) is 11.3 Å². The van der Waals surface area contributed by atoms with E-state index in [2.05, 4.69) is 15.6 Å². The molecule has 4 aromatic rings. The number of methoxy groups -OCH3 is 2. The molecule has 9 heteroatoms. The average molecular weight is 420 g/mol. The van der Waals surface area contributed by atoms with Crippen LogP contribution in [0.1, 0.15) is 5.76 Å². The van der Waals surface area contributed by atoms with E-state index >= 15 is 0 Å². The SMILES string of the molecule is COc1ccc(NC(=O)Cn2nc(-c3ccc(OC)cc3)c3c(C)onc3c2=O)cc1. The maximum absolute atomic E-state index is 12.9. The summed E-state index contributed by atoms with van der Waals surface area (Å²) in [6, 6.07) is 14.1. The second-order valence-corrected chi connectivity index (χ2v) is 6.78. The van der Waals surface area contributed by atoms with Crippen LogP contribution in [0.2, 0.25) is 0 Å². The molecule has 0 radical (unpaired) electrons. The smallest absolute Gasteiger partial charge is 0.297 e. The molecule has 31 heavy (non-hydrogen) atoms. The minimum atomic E-state index is -0.506. The Morgan fingerprint density at radius 3 is 2.26 bits per heavy atom. The van der Waals surface area contributed by atoms with E-state index < -0.39 is 11.5 Å². The first-order valence-corrected chi connectivity index (χ1v) is 9.45. The molecule has 2 aromatic heterocycles. The average Bonchev–Trinajstić information content (AvgIpc) is 3.18. The van der Waals surface area contributed by atoms with Crippen molar-refractivity contribution in [1.29, 1.82) is 0 Å². The van der Waals surface area contributed by atoms with Crippen molar-refractivity contribution in [1.82, 2.24) is 14.9 Å². The minimum absolute atomic E-state index is 0.121. The van der Waals surface area contributed by atoms with Crippen molar-refractivity contribution in [2.45, 2.75) is 13.5 Å². The molecule has 1 N–H and O–H groups in total. The van der Waals surface area contributed by atoms with E-state index in [0.29, 0.717) is 34.0 Å². The molecule has 9 nitrogen and oxygen atoms in total. The number of aryl methyl sites for hydroxylation is 1. The number of benzene rings is 2. The summed E-state index contributed by atoms with van der Waals surface area (Å²) in [4.78, 5) is 25.4. The predicted molar refractivity (Wildman–Crippen MR) is 114 cm³/mol. The number of nitrogens with zero attached hydrogens (tertiary/aromatic N) is 3. The van der Waals surface area contributed by atoms with Gasteiger partial charge in [-0.05, 0) is 55.5 Å². The topological polar surface area (TPSA) is 108 Å². The molecule has 0 unspecified atom stereocenters. The Bertz CT molecular complexity index is 1290. The van der Waals surface area contributed by atoms with E-state index in [1.54, 1.807) is 57.5 Å². The molecule has 0 saturated heterocycles. The molecule has 0 fully saturated rings. The molecule has 0 aliphatic rings. The first-order chi connectivity index (χ1) is 15.0. The maximum Gasteiger partial charge on any atom is 0.297 e. The number of hydrogen-bond donors (Lipinski definition) is 1. The number of nitrogens with one attached hydrogen (secondary N) is 1. The van der Waals surface area contributed by atoms with Crippen molar-refractivity contribution in [2.24, 2.45) is 0 Å². The van der Waals surface area contributed by atoms with Crippen LogP contribution in [0.3, 0.4) is 0 Å². The zero-order chi connectivity index (χ0) is 22.0. The lowest BCUT2D eigenvalue weighted by atomic mass is 10.1. The number of aromatic nitrogens is 3. The van der Waals surface area contributed by atoms with Crippen molar-refractivity contribution in [3.63, 3.8) is 0 Å². The highest BCUT2D eigenvalue weighted by atomic mass is 16.5. The fourth-order valence-corrected chi connectivity index (χ4v) is 3.20. The van der Waals surface area contributed by atoms with Gasteiger partial charge in [-0.1, -0.05) is 5.16 Å². The Labute approximate surface area is 177 Å². The van der Waals surface area contributed by atoms with Crippen LogP contribution in [-0.2, 0) is 11.3 Å². The third kappa shape index (κ3) is 3.97. The molecule has 0 spiro atoms. The molecule has 0 bridgehead atoms. The Morgan fingerprint density at radius 1 is 1.03 bits per heavy atom. The van der Waals surface area contributed by atoms with Crippen LogP contribution in [0, 0.1) is 6.92 Å². The second-order valence-electron chi connectivity index (χ2n) is 6.78. The standard InChI is InChI=1S/C22H20N4O5/c1-13-19-20(14-4-8-16(29-2)9-5-14)24-26(22(28)21(19)25-31-13)12-18(27)23-15-6-10-17(30-3)11-7-15/h4-11H,12H2,1-3H3,(H,23,27). The number of fused-ring (bicyclic) bond motifs is 1. The van der Waals surface area contributed by atoms with Gasteiger partial charge in [0.1, 0.15) is 29.5 Å². The normalized spacial score (nSPS) is 10.8. The van der Waals surface area contributed by atoms with Crippen LogP contribution in [0.15, 0.2) is 57.8 Å². The predicted octanol–water partition coefficient (Wildman–Crippen LogP) is 3.02. The van der Waals surface area contributed by atoms with Gasteiger partial charge in [0.2, 0.25) is 5.91 Å². The first-order valence-electron chi connectivity index (χ1n) is 9.45. The van der Waals surface area contributed by atoms with Crippen molar-refractivity contribution in [3.05, 3.63) is 64.6 Å². The van der Waals surface area contributed by atoms with Crippen LogP contribution in [0.4, 0.5) is 5.69 Å². The van der Waals surface area contributed by atoms with E-state index in [1.165, 1.54) is 0 Å². The van der Waals surface area contributed by atoms with Gasteiger partial charge in [0.05, 0.1) is 19.6 Å². The number of anilines is 1. The molecule has 4 rings (SSSR count). The van der Waals surface area contributed by atoms with Crippen molar-refractivity contribution < 1.29 is 18.8 Å². The third-order valence-corrected chi connectivity index (χ3v) is 4.79. The quantitative estimate of drug-likeness (QED) is 0.511. The molecule has 2 heterocycles. The molecule has 0 atom stereocenters. The molecular weight excluding hydrogens is 400 g/mol. The zero-order valence-corrected chi connectivity index (χ0v) is 17.2. The summed E-state index contributed by atoms with van der Waals surface area (Å²) in [5, 5.41) is 11.6. The number of carbonyl (C=O) groups is 1. The van der Waals surface area contributed by atoms with Crippen LogP contribution in [0.5, 0.6) is 11.5 Å². The number of carbonyl (C=O) groups excluding carboxylic acids is 1. The lowest BCUT2D eigenvalue weighted by molar-refractivity contribution is -0.117. The lowest BCUT2D eigenvalue weighted by Gasteiger charge is -2.10. The summed E-state index contributed by atoms with van der Waals surface area (Å²) in [6.07, 6.45) is 0. The van der Waals surface area contributed by atoms with Gasteiger partial charge in [-0.15, -0.1) is 0 Å². The Morgan fingerprint density at radius 2 is 1.65 bits per heavy atom. The van der Waals surface area contributed by atoms with E-state index in [9.17, 15) is 9.59 Å². The highest BCUT2D eigenvalue weighted by Gasteiger charge is 2.20. The van der Waals surface area contributed by atoms with E-state index in [1.807, 2.05) is 12.1 Å². The molecule has 0 aliphatic heterocycles. The van der Waals surface area contributed by atoms with Gasteiger partial charge < -0.3 is 19.3 Å². The van der Waals surface area contributed by atoms with Crippen molar-refractivity contribution in [3.8, 4) is 22.8 Å². The molecule has 0 aliphatic carbocycles. The van der Waals surface area contributed by atoms with Crippen molar-refractivity contribution >= 4 is 22.5 Å². The highest BCUT2D eigenvalue weighted by Crippen LogP contribution is 2.28. The maximum atomic E-state index is 12.9. The summed E-state index contributed by atoms with van der Waals surface area (Å²) in [7, 11) is 3.14. The largest absolute Gasteiger partial charge is 0.497 e. The Kier molecular flexibility index (Phi) is 5.40. The number of amides is 1. The van der Waals surface area contributed by atoms with E-state index in [-0.39, 0.29) is 12.1 Å². The Balaban J connectivity index is 1.69. The van der Waals surface area contributed by atoms with Gasteiger partial charge in [-0.2, -0.15) is 5.10 Å². The van der Waals surface area contributed by atoms with Crippen LogP contribution >= 0.6 is 0 Å². The third-order valence-electron chi connectivity index (χ3n) is 4.79. The number of ether oxygens (including phenoxy) is 2. The highest BCUT2D eigenvalue weighted by molar-refractivity contribution is 5.94. The summed E-state index contributed by atoms with van der Waals surface area (Å²) >= 11 is 0. The summed E-state index contributed by atoms with van der Waals surface area (Å²) in [5.41, 5.74) is 1.42. The minimum Gasteiger partial charge on any atom is -0.497 e. The molecule has 158 valence electrons. The lowest BCUT2D eigenvalue weighted by Crippen LogP contribution is -2.30. The Hall–Kier alpha value is -4.14. The first kappa shape index (κ1) is 20.1. The molecule has 0 saturated carbocycles. The summed E-state index contributed by atoms with van der Waals surface area (Å²) < 4.78 is 16.6. The second kappa shape index (κ2) is 8.31. The van der Waals surface area contributed by atoms with Crippen LogP contribution in [-0.4, -0.2) is 35.1 Å². The summed E-state index contributed by atoms with van der Waals surface area (Å²) in [5.74, 6) is 1.43.